The van der Waals surface area contributed by atoms with Gasteiger partial charge >= 0.3 is 0 Å². The summed E-state index contributed by atoms with van der Waals surface area (Å²) in [5.74, 6) is 0.202. The van der Waals surface area contributed by atoms with Crippen molar-refractivity contribution in [3.63, 3.8) is 0 Å². The number of hydrogen-bond donors (Lipinski definition) is 1. The van der Waals surface area contributed by atoms with Crippen LogP contribution in [0.25, 0.3) is 11.1 Å². The van der Waals surface area contributed by atoms with Crippen molar-refractivity contribution in [3.05, 3.63) is 23.2 Å². The van der Waals surface area contributed by atoms with E-state index in [4.69, 9.17) is 16.0 Å². The molecule has 2 fully saturated rings. The molecule has 26 heavy (non-hydrogen) atoms. The fraction of sp³-hybridized carbons (Fsp3) is 0.529. The monoisotopic (exact) mass is 397 g/mol. The van der Waals surface area contributed by atoms with E-state index in [9.17, 15) is 13.2 Å². The maximum atomic E-state index is 12.1. The topological polar surface area (TPSA) is 92.5 Å². The lowest BCUT2D eigenvalue weighted by Gasteiger charge is -2.32. The van der Waals surface area contributed by atoms with Crippen molar-refractivity contribution in [1.82, 2.24) is 10.3 Å². The number of nitrogens with one attached hydrogen (secondary N) is 1. The van der Waals surface area contributed by atoms with E-state index in [-0.39, 0.29) is 29.4 Å². The molecule has 0 spiro atoms. The summed E-state index contributed by atoms with van der Waals surface area (Å²) in [6.07, 6.45) is 1.90. The van der Waals surface area contributed by atoms with Gasteiger partial charge in [-0.05, 0) is 37.0 Å². The van der Waals surface area contributed by atoms with Gasteiger partial charge in [0.15, 0.2) is 15.4 Å². The minimum atomic E-state index is -2.87. The first-order valence-electron chi connectivity index (χ1n) is 8.69. The van der Waals surface area contributed by atoms with Crippen LogP contribution in [0.1, 0.15) is 19.3 Å². The van der Waals surface area contributed by atoms with E-state index in [1.807, 2.05) is 6.07 Å². The summed E-state index contributed by atoms with van der Waals surface area (Å²) in [6.45, 7) is 1.48. The zero-order valence-corrected chi connectivity index (χ0v) is 15.7. The fourth-order valence-corrected chi connectivity index (χ4v) is 5.32. The van der Waals surface area contributed by atoms with E-state index in [0.717, 1.165) is 31.4 Å². The second kappa shape index (κ2) is 6.74. The molecule has 0 radical (unpaired) electrons. The summed E-state index contributed by atoms with van der Waals surface area (Å²) < 4.78 is 28.1. The number of halogens is 1. The molecular formula is C17H20ClN3O4S. The van der Waals surface area contributed by atoms with E-state index in [1.54, 1.807) is 12.1 Å². The number of hydrogen-bond acceptors (Lipinski definition) is 6. The predicted octanol–water partition coefficient (Wildman–Crippen LogP) is 2.00. The van der Waals surface area contributed by atoms with Gasteiger partial charge in [0.25, 0.3) is 6.01 Å². The number of carbonyl (C=O) groups is 1. The molecule has 7 nitrogen and oxygen atoms in total. The largest absolute Gasteiger partial charge is 0.423 e. The van der Waals surface area contributed by atoms with Gasteiger partial charge in [0.1, 0.15) is 5.52 Å². The lowest BCUT2D eigenvalue weighted by atomic mass is 10.0. The van der Waals surface area contributed by atoms with Crippen LogP contribution in [0.5, 0.6) is 0 Å². The Kier molecular flexibility index (Phi) is 4.56. The van der Waals surface area contributed by atoms with Gasteiger partial charge in [0.05, 0.1) is 11.5 Å². The molecule has 140 valence electrons. The third-order valence-corrected chi connectivity index (χ3v) is 7.12. The zero-order valence-electron chi connectivity index (χ0n) is 14.2. The molecule has 4 rings (SSSR count). The Morgan fingerprint density at radius 1 is 1.31 bits per heavy atom. The Balaban J connectivity index is 1.28. The maximum absolute atomic E-state index is 12.1. The molecule has 1 amide bonds. The lowest BCUT2D eigenvalue weighted by Crippen LogP contribution is -2.46. The molecule has 1 aromatic heterocycles. The van der Waals surface area contributed by atoms with Crippen molar-refractivity contribution >= 4 is 44.5 Å². The number of oxazole rings is 1. The maximum Gasteiger partial charge on any atom is 0.298 e. The second-order valence-corrected chi connectivity index (χ2v) is 9.67. The molecular weight excluding hydrogens is 378 g/mol. The van der Waals surface area contributed by atoms with E-state index < -0.39 is 9.84 Å². The number of nitrogens with zero attached hydrogens (tertiary/aromatic N) is 2. The van der Waals surface area contributed by atoms with E-state index in [2.05, 4.69) is 15.2 Å². The van der Waals surface area contributed by atoms with Gasteiger partial charge < -0.3 is 14.6 Å². The van der Waals surface area contributed by atoms with Crippen LogP contribution >= 0.6 is 11.6 Å². The Morgan fingerprint density at radius 3 is 2.73 bits per heavy atom. The van der Waals surface area contributed by atoms with Gasteiger partial charge in [-0.2, -0.15) is 4.98 Å². The number of fused-ring (bicyclic) bond motifs is 1. The minimum absolute atomic E-state index is 0.0216. The Morgan fingerprint density at radius 2 is 2.04 bits per heavy atom. The first kappa shape index (κ1) is 17.6. The van der Waals surface area contributed by atoms with Crippen LogP contribution in [0.3, 0.4) is 0 Å². The van der Waals surface area contributed by atoms with Crippen LogP contribution in [0.4, 0.5) is 6.01 Å². The highest BCUT2D eigenvalue weighted by Gasteiger charge is 2.35. The number of amides is 1. The zero-order chi connectivity index (χ0) is 18.3. The van der Waals surface area contributed by atoms with Crippen LogP contribution in [-0.2, 0) is 14.6 Å². The average molecular weight is 398 g/mol. The number of anilines is 1. The van der Waals surface area contributed by atoms with Gasteiger partial charge in [-0.1, -0.05) is 11.6 Å². The molecule has 0 saturated carbocycles. The third kappa shape index (κ3) is 3.81. The highest BCUT2D eigenvalue weighted by molar-refractivity contribution is 7.92. The van der Waals surface area contributed by atoms with Crippen LogP contribution in [0.2, 0.25) is 5.02 Å². The molecule has 0 unspecified atom stereocenters. The SMILES string of the molecule is O=C(CC1CS(=O)(=O)C1)NC1CCN(c2nc3cc(Cl)ccc3o2)CC1. The van der Waals surface area contributed by atoms with Crippen LogP contribution in [-0.4, -0.2) is 49.9 Å². The van der Waals surface area contributed by atoms with Gasteiger partial charge in [0.2, 0.25) is 5.91 Å². The number of carbonyl (C=O) groups excluding carboxylic acids is 1. The summed E-state index contributed by atoms with van der Waals surface area (Å²) in [5.41, 5.74) is 1.44. The minimum Gasteiger partial charge on any atom is -0.423 e. The van der Waals surface area contributed by atoms with Gasteiger partial charge in [-0.3, -0.25) is 4.79 Å². The number of benzene rings is 1. The van der Waals surface area contributed by atoms with Crippen LogP contribution < -0.4 is 10.2 Å². The lowest BCUT2D eigenvalue weighted by molar-refractivity contribution is -0.122. The summed E-state index contributed by atoms with van der Waals surface area (Å²) in [6, 6.07) is 6.04. The van der Waals surface area contributed by atoms with E-state index in [1.165, 1.54) is 0 Å². The van der Waals surface area contributed by atoms with E-state index in [0.29, 0.717) is 23.0 Å². The molecule has 0 aliphatic carbocycles. The summed E-state index contributed by atoms with van der Waals surface area (Å²) >= 11 is 5.98. The van der Waals surface area contributed by atoms with Crippen LogP contribution in [0, 0.1) is 5.92 Å². The summed E-state index contributed by atoms with van der Waals surface area (Å²) in [4.78, 5) is 18.6. The summed E-state index contributed by atoms with van der Waals surface area (Å²) in [5, 5.41) is 3.65. The molecule has 0 atom stereocenters. The van der Waals surface area contributed by atoms with Crippen molar-refractivity contribution in [2.45, 2.75) is 25.3 Å². The van der Waals surface area contributed by atoms with Crippen molar-refractivity contribution in [2.75, 3.05) is 29.5 Å². The van der Waals surface area contributed by atoms with E-state index >= 15 is 0 Å². The standard InChI is InChI=1S/C17H20ClN3O4S/c18-12-1-2-15-14(8-12)20-17(25-15)21-5-3-13(4-6-21)19-16(22)7-11-9-26(23,24)10-11/h1-2,8,11,13H,3-7,9-10H2,(H,19,22). The Bertz CT molecular complexity index is 923. The first-order valence-corrected chi connectivity index (χ1v) is 10.9. The van der Waals surface area contributed by atoms with Crippen molar-refractivity contribution in [2.24, 2.45) is 5.92 Å². The molecule has 2 aliphatic rings. The molecule has 2 aliphatic heterocycles. The van der Waals surface area contributed by atoms with Gasteiger partial charge in [0, 0.05) is 30.6 Å². The van der Waals surface area contributed by atoms with Crippen molar-refractivity contribution < 1.29 is 17.6 Å². The highest BCUT2D eigenvalue weighted by Crippen LogP contribution is 2.27. The molecule has 9 heteroatoms. The fourth-order valence-electron chi connectivity index (χ4n) is 3.57. The molecule has 1 N–H and O–H groups in total. The smallest absolute Gasteiger partial charge is 0.298 e. The van der Waals surface area contributed by atoms with Gasteiger partial charge in [-0.15, -0.1) is 0 Å². The second-order valence-electron chi connectivity index (χ2n) is 7.08. The molecule has 3 heterocycles. The molecule has 0 bridgehead atoms. The normalized spacial score (nSPS) is 20.9. The molecule has 2 aromatic rings. The molecule has 2 saturated heterocycles. The molecule has 1 aromatic carbocycles. The number of piperidine rings is 1. The third-order valence-electron chi connectivity index (χ3n) is 4.92. The van der Waals surface area contributed by atoms with Crippen molar-refractivity contribution in [3.8, 4) is 0 Å². The number of sulfone groups is 1. The number of aromatic nitrogens is 1. The Hall–Kier alpha value is -1.80. The quantitative estimate of drug-likeness (QED) is 0.848. The average Bonchev–Trinajstić information content (AvgIpc) is 2.96. The summed E-state index contributed by atoms with van der Waals surface area (Å²) in [7, 11) is -2.87. The van der Waals surface area contributed by atoms with Crippen LogP contribution in [0.15, 0.2) is 22.6 Å². The highest BCUT2D eigenvalue weighted by atomic mass is 35.5. The van der Waals surface area contributed by atoms with Crippen molar-refractivity contribution in [1.29, 1.82) is 0 Å². The Labute approximate surface area is 156 Å². The van der Waals surface area contributed by atoms with Gasteiger partial charge in [-0.25, -0.2) is 8.42 Å². The number of rotatable bonds is 4. The predicted molar refractivity (Wildman–Crippen MR) is 99.2 cm³/mol. The first-order chi connectivity index (χ1) is 12.4.